The van der Waals surface area contributed by atoms with E-state index in [-0.39, 0.29) is 5.91 Å². The summed E-state index contributed by atoms with van der Waals surface area (Å²) in [6.45, 7) is 5.38. The van der Waals surface area contributed by atoms with Crippen LogP contribution in [-0.4, -0.2) is 18.5 Å². The Labute approximate surface area is 116 Å². The van der Waals surface area contributed by atoms with E-state index in [2.05, 4.69) is 24.5 Å². The molecule has 0 spiro atoms. The van der Waals surface area contributed by atoms with E-state index in [1.807, 2.05) is 30.3 Å². The van der Waals surface area contributed by atoms with Crippen LogP contribution in [0.4, 0.5) is 0 Å². The number of nitrogens with one attached hydrogen (secondary N) is 2. The van der Waals surface area contributed by atoms with Gasteiger partial charge in [-0.15, -0.1) is 0 Å². The topological polar surface area (TPSA) is 41.1 Å². The minimum Gasteiger partial charge on any atom is -0.351 e. The molecule has 0 aromatic heterocycles. The first kappa shape index (κ1) is 15.7. The number of carbonyl (C=O) groups is 1. The van der Waals surface area contributed by atoms with Gasteiger partial charge in [-0.05, 0) is 18.4 Å². The van der Waals surface area contributed by atoms with E-state index in [1.165, 1.54) is 0 Å². The Morgan fingerprint density at radius 2 is 1.74 bits per heavy atom. The van der Waals surface area contributed by atoms with Crippen molar-refractivity contribution in [3.05, 3.63) is 35.9 Å². The average Bonchev–Trinajstić information content (AvgIpc) is 2.44. The third-order valence-corrected chi connectivity index (χ3v) is 3.16. The van der Waals surface area contributed by atoms with Crippen molar-refractivity contribution < 1.29 is 4.79 Å². The van der Waals surface area contributed by atoms with Crippen molar-refractivity contribution in [3.63, 3.8) is 0 Å². The van der Waals surface area contributed by atoms with Crippen LogP contribution in [-0.2, 0) is 11.3 Å². The van der Waals surface area contributed by atoms with Crippen LogP contribution in [0.3, 0.4) is 0 Å². The number of hydrogen-bond acceptors (Lipinski definition) is 2. The molecule has 0 radical (unpaired) electrons. The Hall–Kier alpha value is -1.35. The molecule has 2 N–H and O–H groups in total. The molecule has 0 saturated carbocycles. The van der Waals surface area contributed by atoms with Crippen molar-refractivity contribution >= 4 is 5.91 Å². The van der Waals surface area contributed by atoms with Crippen LogP contribution in [0.2, 0.25) is 0 Å². The molecule has 0 fully saturated rings. The van der Waals surface area contributed by atoms with Crippen LogP contribution in [0, 0.1) is 0 Å². The molecular weight excluding hydrogens is 236 g/mol. The summed E-state index contributed by atoms with van der Waals surface area (Å²) in [5, 5.41) is 6.28. The monoisotopic (exact) mass is 262 g/mol. The lowest BCUT2D eigenvalue weighted by Crippen LogP contribution is -2.38. The van der Waals surface area contributed by atoms with E-state index < -0.39 is 0 Å². The number of amides is 1. The maximum atomic E-state index is 11.8. The summed E-state index contributed by atoms with van der Waals surface area (Å²) in [5.74, 6) is 0.0704. The fourth-order valence-corrected chi connectivity index (χ4v) is 2.14. The van der Waals surface area contributed by atoms with Gasteiger partial charge in [-0.3, -0.25) is 4.79 Å². The second-order valence-electron chi connectivity index (χ2n) is 4.92. The molecule has 19 heavy (non-hydrogen) atoms. The van der Waals surface area contributed by atoms with Crippen LogP contribution in [0.5, 0.6) is 0 Å². The summed E-state index contributed by atoms with van der Waals surface area (Å²) in [6.07, 6.45) is 4.59. The summed E-state index contributed by atoms with van der Waals surface area (Å²) in [5.41, 5.74) is 1.13. The first-order valence-corrected chi connectivity index (χ1v) is 7.30. The molecule has 0 aliphatic heterocycles. The Balaban J connectivity index is 2.23. The van der Waals surface area contributed by atoms with Gasteiger partial charge in [0.2, 0.25) is 5.91 Å². The highest BCUT2D eigenvalue weighted by atomic mass is 16.1. The van der Waals surface area contributed by atoms with Gasteiger partial charge in [-0.1, -0.05) is 57.0 Å². The van der Waals surface area contributed by atoms with Crippen LogP contribution in [0.1, 0.15) is 45.1 Å². The summed E-state index contributed by atoms with van der Waals surface area (Å²) in [6, 6.07) is 10.5. The number of carbonyl (C=O) groups excluding carboxylic acids is 1. The van der Waals surface area contributed by atoms with Gasteiger partial charge >= 0.3 is 0 Å². The standard InChI is InChI=1S/C16H26N2O/c1-3-8-15(9-4-2)17-13-16(19)18-12-14-10-6-5-7-11-14/h5-7,10-11,15,17H,3-4,8-9,12-13H2,1-2H3,(H,18,19). The van der Waals surface area contributed by atoms with Crippen LogP contribution >= 0.6 is 0 Å². The maximum absolute atomic E-state index is 11.8. The Kier molecular flexibility index (Phi) is 7.91. The first-order chi connectivity index (χ1) is 9.26. The van der Waals surface area contributed by atoms with Gasteiger partial charge in [0.15, 0.2) is 0 Å². The fraction of sp³-hybridized carbons (Fsp3) is 0.562. The third-order valence-electron chi connectivity index (χ3n) is 3.16. The second-order valence-corrected chi connectivity index (χ2v) is 4.92. The van der Waals surface area contributed by atoms with E-state index in [4.69, 9.17) is 0 Å². The SMILES string of the molecule is CCCC(CCC)NCC(=O)NCc1ccccc1. The highest BCUT2D eigenvalue weighted by Gasteiger charge is 2.08. The van der Waals surface area contributed by atoms with Gasteiger partial charge in [0.25, 0.3) is 0 Å². The predicted molar refractivity (Wildman–Crippen MR) is 79.9 cm³/mol. The molecule has 0 heterocycles. The largest absolute Gasteiger partial charge is 0.351 e. The molecule has 1 aromatic carbocycles. The molecule has 3 heteroatoms. The number of rotatable bonds is 9. The molecular formula is C16H26N2O. The quantitative estimate of drug-likeness (QED) is 0.718. The molecule has 1 amide bonds. The zero-order valence-electron chi connectivity index (χ0n) is 12.1. The van der Waals surface area contributed by atoms with Crippen molar-refractivity contribution in [1.29, 1.82) is 0 Å². The van der Waals surface area contributed by atoms with E-state index in [0.717, 1.165) is 31.2 Å². The van der Waals surface area contributed by atoms with Crippen molar-refractivity contribution in [2.45, 2.75) is 52.1 Å². The summed E-state index contributed by atoms with van der Waals surface area (Å²) < 4.78 is 0. The molecule has 0 saturated heterocycles. The molecule has 0 bridgehead atoms. The molecule has 1 aromatic rings. The zero-order valence-corrected chi connectivity index (χ0v) is 12.1. The smallest absolute Gasteiger partial charge is 0.234 e. The fourth-order valence-electron chi connectivity index (χ4n) is 2.14. The van der Waals surface area contributed by atoms with E-state index in [1.54, 1.807) is 0 Å². The van der Waals surface area contributed by atoms with E-state index >= 15 is 0 Å². The highest BCUT2D eigenvalue weighted by molar-refractivity contribution is 5.78. The van der Waals surface area contributed by atoms with Gasteiger partial charge in [0.05, 0.1) is 6.54 Å². The van der Waals surface area contributed by atoms with Gasteiger partial charge in [0.1, 0.15) is 0 Å². The molecule has 0 aliphatic rings. The van der Waals surface area contributed by atoms with Crippen LogP contribution in [0.15, 0.2) is 30.3 Å². The van der Waals surface area contributed by atoms with Gasteiger partial charge in [-0.2, -0.15) is 0 Å². The summed E-state index contributed by atoms with van der Waals surface area (Å²) in [4.78, 5) is 11.8. The van der Waals surface area contributed by atoms with Gasteiger partial charge in [-0.25, -0.2) is 0 Å². The van der Waals surface area contributed by atoms with Gasteiger partial charge in [0, 0.05) is 12.6 Å². The Bertz CT molecular complexity index is 345. The Morgan fingerprint density at radius 3 is 2.32 bits per heavy atom. The maximum Gasteiger partial charge on any atom is 0.234 e. The minimum absolute atomic E-state index is 0.0704. The van der Waals surface area contributed by atoms with Crippen molar-refractivity contribution in [2.75, 3.05) is 6.54 Å². The van der Waals surface area contributed by atoms with Gasteiger partial charge < -0.3 is 10.6 Å². The summed E-state index contributed by atoms with van der Waals surface area (Å²) in [7, 11) is 0. The van der Waals surface area contributed by atoms with Crippen molar-refractivity contribution in [3.8, 4) is 0 Å². The van der Waals surface area contributed by atoms with E-state index in [9.17, 15) is 4.79 Å². The molecule has 106 valence electrons. The molecule has 0 aliphatic carbocycles. The average molecular weight is 262 g/mol. The highest BCUT2D eigenvalue weighted by Crippen LogP contribution is 2.03. The molecule has 0 unspecified atom stereocenters. The predicted octanol–water partition coefficient (Wildman–Crippen LogP) is 2.86. The molecule has 0 atom stereocenters. The Morgan fingerprint density at radius 1 is 1.11 bits per heavy atom. The van der Waals surface area contributed by atoms with Crippen LogP contribution < -0.4 is 10.6 Å². The number of benzene rings is 1. The third kappa shape index (κ3) is 6.97. The lowest BCUT2D eigenvalue weighted by molar-refractivity contribution is -0.120. The van der Waals surface area contributed by atoms with Crippen molar-refractivity contribution in [2.24, 2.45) is 0 Å². The van der Waals surface area contributed by atoms with E-state index in [0.29, 0.717) is 19.1 Å². The normalized spacial score (nSPS) is 10.7. The molecule has 1 rings (SSSR count). The zero-order chi connectivity index (χ0) is 13.9. The minimum atomic E-state index is 0.0704. The van der Waals surface area contributed by atoms with Crippen LogP contribution in [0.25, 0.3) is 0 Å². The summed E-state index contributed by atoms with van der Waals surface area (Å²) >= 11 is 0. The first-order valence-electron chi connectivity index (χ1n) is 7.30. The lowest BCUT2D eigenvalue weighted by Gasteiger charge is -2.17. The number of hydrogen-bond donors (Lipinski definition) is 2. The second kappa shape index (κ2) is 9.56. The van der Waals surface area contributed by atoms with Crippen molar-refractivity contribution in [1.82, 2.24) is 10.6 Å². The molecule has 3 nitrogen and oxygen atoms in total. The lowest BCUT2D eigenvalue weighted by atomic mass is 10.1.